The Labute approximate surface area is 128 Å². The van der Waals surface area contributed by atoms with Crippen molar-refractivity contribution in [2.24, 2.45) is 0 Å². The number of unbranched alkanes of at least 4 members (excludes halogenated alkanes) is 1. The van der Waals surface area contributed by atoms with Gasteiger partial charge in [-0.2, -0.15) is 0 Å². The summed E-state index contributed by atoms with van der Waals surface area (Å²) in [7, 11) is 0. The topological polar surface area (TPSA) is 55.4 Å². The number of rotatable bonds is 6. The first-order valence-electron chi connectivity index (χ1n) is 7.15. The van der Waals surface area contributed by atoms with Gasteiger partial charge in [0.1, 0.15) is 10.6 Å². The van der Waals surface area contributed by atoms with E-state index in [1.807, 2.05) is 31.2 Å². The van der Waals surface area contributed by atoms with Crippen molar-refractivity contribution in [1.82, 2.24) is 0 Å². The molecule has 0 saturated carbocycles. The Kier molecular flexibility index (Phi) is 5.33. The van der Waals surface area contributed by atoms with Crippen LogP contribution < -0.4 is 5.32 Å². The average molecular weight is 305 g/mol. The lowest BCUT2D eigenvalue weighted by Crippen LogP contribution is -2.13. The molecule has 2 aromatic rings. The molecule has 0 aliphatic heterocycles. The van der Waals surface area contributed by atoms with Crippen LogP contribution in [0, 0.1) is 0 Å². The number of hydrogen-bond acceptors (Lipinski definition) is 4. The van der Waals surface area contributed by atoms with Crippen LogP contribution in [-0.4, -0.2) is 18.5 Å². The van der Waals surface area contributed by atoms with Crippen LogP contribution in [-0.2, 0) is 9.53 Å². The monoisotopic (exact) mass is 305 g/mol. The lowest BCUT2D eigenvalue weighted by Gasteiger charge is -2.06. The van der Waals surface area contributed by atoms with Gasteiger partial charge in [-0.25, -0.2) is 4.79 Å². The van der Waals surface area contributed by atoms with Crippen LogP contribution in [0.15, 0.2) is 24.3 Å². The fourth-order valence-corrected chi connectivity index (χ4v) is 3.04. The predicted octanol–water partition coefficient (Wildman–Crippen LogP) is 4.21. The Morgan fingerprint density at radius 1 is 1.24 bits per heavy atom. The third-order valence-corrected chi connectivity index (χ3v) is 4.19. The molecule has 0 radical (unpaired) electrons. The van der Waals surface area contributed by atoms with Crippen LogP contribution in [0.1, 0.15) is 43.5 Å². The van der Waals surface area contributed by atoms with Gasteiger partial charge in [-0.05, 0) is 12.5 Å². The number of thiophene rings is 1. The molecule has 0 atom stereocenters. The molecule has 21 heavy (non-hydrogen) atoms. The van der Waals surface area contributed by atoms with E-state index in [4.69, 9.17) is 4.74 Å². The number of esters is 1. The molecule has 1 amide bonds. The summed E-state index contributed by atoms with van der Waals surface area (Å²) in [5.74, 6) is -0.475. The van der Waals surface area contributed by atoms with Crippen molar-refractivity contribution in [1.29, 1.82) is 0 Å². The molecule has 0 saturated heterocycles. The molecule has 0 fully saturated rings. The highest BCUT2D eigenvalue weighted by atomic mass is 32.1. The van der Waals surface area contributed by atoms with Gasteiger partial charge in [0.25, 0.3) is 0 Å². The third-order valence-electron chi connectivity index (χ3n) is 3.10. The van der Waals surface area contributed by atoms with E-state index in [0.29, 0.717) is 23.6 Å². The van der Waals surface area contributed by atoms with Gasteiger partial charge in [0.15, 0.2) is 0 Å². The molecule has 4 nitrogen and oxygen atoms in total. The molecule has 1 heterocycles. The number of carbonyl (C=O) groups excluding carboxylic acids is 2. The van der Waals surface area contributed by atoms with Gasteiger partial charge in [-0.3, -0.25) is 4.79 Å². The van der Waals surface area contributed by atoms with Crippen molar-refractivity contribution < 1.29 is 14.3 Å². The average Bonchev–Trinajstić information content (AvgIpc) is 2.85. The quantitative estimate of drug-likeness (QED) is 0.642. The van der Waals surface area contributed by atoms with E-state index < -0.39 is 0 Å². The molecule has 1 aromatic heterocycles. The van der Waals surface area contributed by atoms with Crippen LogP contribution in [0.3, 0.4) is 0 Å². The van der Waals surface area contributed by atoms with Crippen LogP contribution in [0.2, 0.25) is 0 Å². The van der Waals surface area contributed by atoms with Gasteiger partial charge < -0.3 is 10.1 Å². The minimum atomic E-state index is -0.368. The second-order valence-electron chi connectivity index (χ2n) is 4.69. The number of nitrogens with one attached hydrogen (secondary N) is 1. The smallest absolute Gasteiger partial charge is 0.341 e. The highest BCUT2D eigenvalue weighted by molar-refractivity contribution is 7.23. The summed E-state index contributed by atoms with van der Waals surface area (Å²) in [6, 6.07) is 7.61. The molecule has 112 valence electrons. The molecular formula is C16H19NO3S. The summed E-state index contributed by atoms with van der Waals surface area (Å²) in [4.78, 5) is 24.0. The second kappa shape index (κ2) is 7.22. The fraction of sp³-hybridized carbons (Fsp3) is 0.375. The van der Waals surface area contributed by atoms with Crippen LogP contribution >= 0.6 is 11.3 Å². The second-order valence-corrected chi connectivity index (χ2v) is 5.75. The molecule has 0 aliphatic carbocycles. The number of carbonyl (C=O) groups is 2. The number of anilines is 1. The largest absolute Gasteiger partial charge is 0.462 e. The van der Waals surface area contributed by atoms with Gasteiger partial charge in [-0.15, -0.1) is 11.3 Å². The van der Waals surface area contributed by atoms with E-state index in [1.54, 1.807) is 6.92 Å². The Hall–Kier alpha value is -1.88. The van der Waals surface area contributed by atoms with Crippen molar-refractivity contribution in [3.8, 4) is 0 Å². The maximum Gasteiger partial charge on any atom is 0.341 e. The summed E-state index contributed by atoms with van der Waals surface area (Å²) >= 11 is 1.40. The van der Waals surface area contributed by atoms with Gasteiger partial charge in [0, 0.05) is 16.5 Å². The maximum atomic E-state index is 12.3. The molecule has 5 heteroatoms. The van der Waals surface area contributed by atoms with Crippen LogP contribution in [0.5, 0.6) is 0 Å². The lowest BCUT2D eigenvalue weighted by molar-refractivity contribution is -0.115. The SMILES string of the molecule is CCCCOC(=O)c1c(NC(=O)CC)sc2ccccc12. The van der Waals surface area contributed by atoms with Crippen molar-refractivity contribution in [3.63, 3.8) is 0 Å². The zero-order valence-electron chi connectivity index (χ0n) is 12.3. The van der Waals surface area contributed by atoms with Crippen LogP contribution in [0.4, 0.5) is 5.00 Å². The number of benzene rings is 1. The minimum absolute atomic E-state index is 0.107. The van der Waals surface area contributed by atoms with E-state index in [-0.39, 0.29) is 11.9 Å². The summed E-state index contributed by atoms with van der Waals surface area (Å²) < 4.78 is 6.27. The first kappa shape index (κ1) is 15.5. The van der Waals surface area contributed by atoms with Crippen molar-refractivity contribution >= 4 is 38.3 Å². The third kappa shape index (κ3) is 3.61. The highest BCUT2D eigenvalue weighted by Gasteiger charge is 2.21. The normalized spacial score (nSPS) is 10.6. The van der Waals surface area contributed by atoms with E-state index in [1.165, 1.54) is 11.3 Å². The van der Waals surface area contributed by atoms with Crippen molar-refractivity contribution in [2.45, 2.75) is 33.1 Å². The molecule has 0 aliphatic rings. The molecule has 0 bridgehead atoms. The molecule has 0 unspecified atom stereocenters. The zero-order valence-corrected chi connectivity index (χ0v) is 13.1. The number of ether oxygens (including phenoxy) is 1. The summed E-state index contributed by atoms with van der Waals surface area (Å²) in [6.45, 7) is 4.23. The van der Waals surface area contributed by atoms with E-state index in [2.05, 4.69) is 5.32 Å². The maximum absolute atomic E-state index is 12.3. The van der Waals surface area contributed by atoms with Crippen molar-refractivity contribution in [2.75, 3.05) is 11.9 Å². The van der Waals surface area contributed by atoms with Gasteiger partial charge >= 0.3 is 5.97 Å². The molecular weight excluding hydrogens is 286 g/mol. The molecule has 1 N–H and O–H groups in total. The fourth-order valence-electron chi connectivity index (χ4n) is 1.93. The Balaban J connectivity index is 2.35. The molecule has 1 aromatic carbocycles. The standard InChI is InChI=1S/C16H19NO3S/c1-3-5-10-20-16(19)14-11-8-6-7-9-12(11)21-15(14)17-13(18)4-2/h6-9H,3-5,10H2,1-2H3,(H,17,18). The molecule has 2 rings (SSSR count). The molecule has 0 spiro atoms. The van der Waals surface area contributed by atoms with Gasteiger partial charge in [0.2, 0.25) is 5.91 Å². The Morgan fingerprint density at radius 3 is 2.71 bits per heavy atom. The van der Waals surface area contributed by atoms with Gasteiger partial charge in [-0.1, -0.05) is 38.5 Å². The first-order chi connectivity index (χ1) is 10.2. The van der Waals surface area contributed by atoms with E-state index in [9.17, 15) is 9.59 Å². The lowest BCUT2D eigenvalue weighted by atomic mass is 10.1. The Bertz CT molecular complexity index is 648. The predicted molar refractivity (Wildman–Crippen MR) is 85.9 cm³/mol. The first-order valence-corrected chi connectivity index (χ1v) is 7.97. The Morgan fingerprint density at radius 2 is 2.00 bits per heavy atom. The van der Waals surface area contributed by atoms with E-state index in [0.717, 1.165) is 22.9 Å². The summed E-state index contributed by atoms with van der Waals surface area (Å²) in [5.41, 5.74) is 0.466. The van der Waals surface area contributed by atoms with Crippen LogP contribution in [0.25, 0.3) is 10.1 Å². The number of amides is 1. The van der Waals surface area contributed by atoms with E-state index >= 15 is 0 Å². The summed E-state index contributed by atoms with van der Waals surface area (Å²) in [5, 5.41) is 4.20. The highest BCUT2D eigenvalue weighted by Crippen LogP contribution is 2.36. The van der Waals surface area contributed by atoms with Crippen molar-refractivity contribution in [3.05, 3.63) is 29.8 Å². The zero-order chi connectivity index (χ0) is 15.2. The minimum Gasteiger partial charge on any atom is -0.462 e. The number of fused-ring (bicyclic) bond motifs is 1. The summed E-state index contributed by atoms with van der Waals surface area (Å²) in [6.07, 6.45) is 2.18. The van der Waals surface area contributed by atoms with Gasteiger partial charge in [0.05, 0.1) is 6.61 Å². The number of hydrogen-bond donors (Lipinski definition) is 1.